The van der Waals surface area contributed by atoms with E-state index in [1.54, 1.807) is 6.92 Å². The van der Waals surface area contributed by atoms with E-state index < -0.39 is 26.6 Å². The molecule has 0 aromatic heterocycles. The van der Waals surface area contributed by atoms with E-state index in [-0.39, 0.29) is 12.0 Å². The molecule has 1 unspecified atom stereocenters. The summed E-state index contributed by atoms with van der Waals surface area (Å²) in [6.07, 6.45) is 1.14. The van der Waals surface area contributed by atoms with Crippen molar-refractivity contribution in [3.8, 4) is 0 Å². The molecule has 0 fully saturated rings. The zero-order valence-electron chi connectivity index (χ0n) is 12.1. The van der Waals surface area contributed by atoms with Gasteiger partial charge in [-0.15, -0.1) is 0 Å². The van der Waals surface area contributed by atoms with Crippen molar-refractivity contribution in [2.24, 2.45) is 16.7 Å². The van der Waals surface area contributed by atoms with Crippen LogP contribution in [0.15, 0.2) is 0 Å². The molecule has 0 heterocycles. The van der Waals surface area contributed by atoms with Gasteiger partial charge in [0.05, 0.1) is 12.5 Å². The standard InChI is InChI=1S/C12H23ClO5S/c1-9(10(14)15)6-11(2,3)7-12(4,5)8-18-19(13,16)17/h9H,6-8H2,1-5H3,(H,14,15). The summed E-state index contributed by atoms with van der Waals surface area (Å²) in [5, 5.41) is 8.93. The molecule has 114 valence electrons. The first-order valence-electron chi connectivity index (χ1n) is 6.06. The SMILES string of the molecule is CC(CC(C)(C)CC(C)(C)COS(=O)(=O)Cl)C(=O)O. The van der Waals surface area contributed by atoms with Gasteiger partial charge in [-0.3, -0.25) is 8.98 Å². The maximum Gasteiger partial charge on any atom is 0.355 e. The predicted molar refractivity (Wildman–Crippen MR) is 74.3 cm³/mol. The van der Waals surface area contributed by atoms with Crippen LogP contribution in [0.5, 0.6) is 0 Å². The lowest BCUT2D eigenvalue weighted by atomic mass is 9.71. The predicted octanol–water partition coefficient (Wildman–Crippen LogP) is 3.04. The highest BCUT2D eigenvalue weighted by Gasteiger charge is 2.32. The van der Waals surface area contributed by atoms with Gasteiger partial charge in [0.1, 0.15) is 0 Å². The van der Waals surface area contributed by atoms with Gasteiger partial charge in [0.15, 0.2) is 0 Å². The van der Waals surface area contributed by atoms with Crippen molar-refractivity contribution in [1.82, 2.24) is 0 Å². The Labute approximate surface area is 119 Å². The van der Waals surface area contributed by atoms with Gasteiger partial charge in [0.2, 0.25) is 0 Å². The second-order valence-electron chi connectivity index (χ2n) is 6.60. The molecule has 0 rings (SSSR count). The van der Waals surface area contributed by atoms with Crippen LogP contribution in [0, 0.1) is 16.7 Å². The Hall–Kier alpha value is -0.330. The highest BCUT2D eigenvalue weighted by Crippen LogP contribution is 2.38. The van der Waals surface area contributed by atoms with Crippen LogP contribution in [0.4, 0.5) is 0 Å². The van der Waals surface area contributed by atoms with Crippen molar-refractivity contribution in [3.05, 3.63) is 0 Å². The second kappa shape index (κ2) is 6.41. The number of hydrogen-bond donors (Lipinski definition) is 1. The van der Waals surface area contributed by atoms with Crippen LogP contribution in [-0.4, -0.2) is 26.1 Å². The fourth-order valence-corrected chi connectivity index (χ4v) is 3.16. The van der Waals surface area contributed by atoms with Crippen molar-refractivity contribution in [2.75, 3.05) is 6.61 Å². The van der Waals surface area contributed by atoms with Gasteiger partial charge >= 0.3 is 15.3 Å². The maximum atomic E-state index is 10.9. The average Bonchev–Trinajstić information content (AvgIpc) is 2.11. The van der Waals surface area contributed by atoms with E-state index in [4.69, 9.17) is 15.8 Å². The van der Waals surface area contributed by atoms with Crippen LogP contribution in [0.25, 0.3) is 0 Å². The molecule has 0 aliphatic carbocycles. The quantitative estimate of drug-likeness (QED) is 0.696. The summed E-state index contributed by atoms with van der Waals surface area (Å²) in [6, 6.07) is 0. The van der Waals surface area contributed by atoms with Crippen LogP contribution < -0.4 is 0 Å². The summed E-state index contributed by atoms with van der Waals surface area (Å²) in [6.45, 7) is 9.29. The van der Waals surface area contributed by atoms with E-state index in [2.05, 4.69) is 4.18 Å². The number of halogens is 1. The summed E-state index contributed by atoms with van der Waals surface area (Å²) in [5.74, 6) is -1.27. The van der Waals surface area contributed by atoms with Crippen LogP contribution >= 0.6 is 10.7 Å². The van der Waals surface area contributed by atoms with E-state index in [0.29, 0.717) is 12.8 Å². The van der Waals surface area contributed by atoms with Crippen LogP contribution in [0.1, 0.15) is 47.5 Å². The van der Waals surface area contributed by atoms with Gasteiger partial charge < -0.3 is 5.11 Å². The van der Waals surface area contributed by atoms with Crippen molar-refractivity contribution in [3.63, 3.8) is 0 Å². The zero-order chi connectivity index (χ0) is 15.5. The molecule has 0 bridgehead atoms. The highest BCUT2D eigenvalue weighted by molar-refractivity contribution is 8.09. The number of carboxylic acids is 1. The molecule has 1 atom stereocenters. The van der Waals surface area contributed by atoms with Crippen molar-refractivity contribution in [1.29, 1.82) is 0 Å². The van der Waals surface area contributed by atoms with Gasteiger partial charge in [0, 0.05) is 10.7 Å². The molecule has 0 saturated heterocycles. The van der Waals surface area contributed by atoms with E-state index in [0.717, 1.165) is 0 Å². The minimum Gasteiger partial charge on any atom is -0.481 e. The molecule has 0 aliphatic rings. The first kappa shape index (κ1) is 18.7. The van der Waals surface area contributed by atoms with E-state index >= 15 is 0 Å². The molecule has 1 N–H and O–H groups in total. The summed E-state index contributed by atoms with van der Waals surface area (Å²) in [7, 11) is 1.04. The van der Waals surface area contributed by atoms with Gasteiger partial charge in [0.25, 0.3) is 0 Å². The maximum absolute atomic E-state index is 10.9. The van der Waals surface area contributed by atoms with Gasteiger partial charge in [-0.2, -0.15) is 8.42 Å². The molecule has 0 amide bonds. The smallest absolute Gasteiger partial charge is 0.355 e. The van der Waals surface area contributed by atoms with Gasteiger partial charge in [-0.1, -0.05) is 34.6 Å². The topological polar surface area (TPSA) is 80.7 Å². The molecule has 0 radical (unpaired) electrons. The molecule has 0 saturated carbocycles. The Bertz CT molecular complexity index is 414. The van der Waals surface area contributed by atoms with Gasteiger partial charge in [-0.05, 0) is 23.7 Å². The lowest BCUT2D eigenvalue weighted by molar-refractivity contribution is -0.142. The van der Waals surface area contributed by atoms with Crippen LogP contribution in [0.3, 0.4) is 0 Å². The number of hydrogen-bond acceptors (Lipinski definition) is 4. The van der Waals surface area contributed by atoms with E-state index in [9.17, 15) is 13.2 Å². The Morgan fingerprint density at radius 1 is 1.26 bits per heavy atom. The number of aliphatic carboxylic acids is 1. The van der Waals surface area contributed by atoms with Crippen LogP contribution in [0.2, 0.25) is 0 Å². The minimum absolute atomic E-state index is 0.0241. The third kappa shape index (κ3) is 9.24. The van der Waals surface area contributed by atoms with E-state index in [1.165, 1.54) is 0 Å². The lowest BCUT2D eigenvalue weighted by Gasteiger charge is -2.35. The Morgan fingerprint density at radius 3 is 2.11 bits per heavy atom. The van der Waals surface area contributed by atoms with Crippen molar-refractivity contribution in [2.45, 2.75) is 47.5 Å². The molecule has 0 aromatic carbocycles. The number of carboxylic acid groups (broad SMARTS) is 1. The molecular formula is C12H23ClO5S. The molecule has 0 aromatic rings. The zero-order valence-corrected chi connectivity index (χ0v) is 13.6. The molecule has 0 spiro atoms. The van der Waals surface area contributed by atoms with Crippen molar-refractivity contribution < 1.29 is 22.5 Å². The fraction of sp³-hybridized carbons (Fsp3) is 0.917. The summed E-state index contributed by atoms with van der Waals surface area (Å²) in [5.41, 5.74) is -0.648. The first-order valence-corrected chi connectivity index (χ1v) is 8.29. The minimum atomic E-state index is -3.97. The number of rotatable bonds is 8. The summed E-state index contributed by atoms with van der Waals surface area (Å²) in [4.78, 5) is 10.9. The normalized spacial score (nSPS) is 15.3. The highest BCUT2D eigenvalue weighted by atomic mass is 35.7. The lowest BCUT2D eigenvalue weighted by Crippen LogP contribution is -2.30. The Morgan fingerprint density at radius 2 is 1.74 bits per heavy atom. The summed E-state index contributed by atoms with van der Waals surface area (Å²) >= 11 is 0. The molecule has 0 aliphatic heterocycles. The molecule has 19 heavy (non-hydrogen) atoms. The van der Waals surface area contributed by atoms with Crippen molar-refractivity contribution >= 4 is 26.0 Å². The number of carbonyl (C=O) groups is 1. The largest absolute Gasteiger partial charge is 0.481 e. The van der Waals surface area contributed by atoms with Crippen LogP contribution in [-0.2, 0) is 18.3 Å². The Kier molecular flexibility index (Phi) is 6.30. The average molecular weight is 315 g/mol. The monoisotopic (exact) mass is 314 g/mol. The summed E-state index contributed by atoms with van der Waals surface area (Å²) < 4.78 is 26.2. The third-order valence-corrected chi connectivity index (χ3v) is 3.49. The second-order valence-corrected chi connectivity index (χ2v) is 8.76. The molecular weight excluding hydrogens is 292 g/mol. The molecule has 5 nitrogen and oxygen atoms in total. The molecule has 7 heteroatoms. The Balaban J connectivity index is 4.58. The first-order chi connectivity index (χ1) is 8.24. The fourth-order valence-electron chi connectivity index (χ4n) is 2.56. The van der Waals surface area contributed by atoms with E-state index in [1.807, 2.05) is 27.7 Å². The van der Waals surface area contributed by atoms with Gasteiger partial charge in [-0.25, -0.2) is 0 Å². The third-order valence-electron chi connectivity index (χ3n) is 2.83.